The van der Waals surface area contributed by atoms with Gasteiger partial charge in [0, 0.05) is 19.5 Å². The highest BCUT2D eigenvalue weighted by Gasteiger charge is 2.61. The smallest absolute Gasteiger partial charge is 0.339 e. The number of cyclic esters (lactones) is 2. The molecule has 1 aromatic carbocycles. The Balaban J connectivity index is 2.26. The average molecular weight is 405 g/mol. The number of rotatable bonds is 5. The highest BCUT2D eigenvalue weighted by molar-refractivity contribution is 6.14. The van der Waals surface area contributed by atoms with E-state index in [-0.39, 0.29) is 5.71 Å². The molecule has 2 N–H and O–H groups in total. The lowest BCUT2D eigenvalue weighted by Crippen LogP contribution is -2.59. The number of esters is 3. The largest absolute Gasteiger partial charge is 0.468 e. The number of hydrazone groups is 1. The fourth-order valence-corrected chi connectivity index (χ4v) is 2.82. The van der Waals surface area contributed by atoms with Gasteiger partial charge in [-0.3, -0.25) is 14.4 Å². The van der Waals surface area contributed by atoms with Gasteiger partial charge < -0.3 is 19.5 Å². The van der Waals surface area contributed by atoms with E-state index in [1.54, 1.807) is 30.3 Å². The molecule has 1 aliphatic heterocycles. The Morgan fingerprint density at radius 1 is 1.07 bits per heavy atom. The van der Waals surface area contributed by atoms with Crippen molar-refractivity contribution in [2.24, 2.45) is 16.4 Å². The topological polar surface area (TPSA) is 132 Å². The van der Waals surface area contributed by atoms with Gasteiger partial charge in [0.25, 0.3) is 5.79 Å². The number of benzene rings is 1. The maximum atomic E-state index is 12.6. The molecule has 1 heterocycles. The van der Waals surface area contributed by atoms with Crippen molar-refractivity contribution in [1.82, 2.24) is 5.43 Å². The summed E-state index contributed by atoms with van der Waals surface area (Å²) in [7, 11) is 1.10. The lowest BCUT2D eigenvalue weighted by atomic mass is 9.74. The van der Waals surface area contributed by atoms with Crippen LogP contribution >= 0.6 is 0 Å². The van der Waals surface area contributed by atoms with Crippen molar-refractivity contribution in [1.29, 1.82) is 0 Å². The Kier molecular flexibility index (Phi) is 6.25. The van der Waals surface area contributed by atoms with Crippen molar-refractivity contribution in [3.05, 3.63) is 30.3 Å². The first-order valence-electron chi connectivity index (χ1n) is 8.72. The molecule has 10 heteroatoms. The Morgan fingerprint density at radius 2 is 1.62 bits per heavy atom. The number of hydrogen-bond acceptors (Lipinski definition) is 8. The van der Waals surface area contributed by atoms with E-state index in [1.165, 1.54) is 27.7 Å². The van der Waals surface area contributed by atoms with E-state index >= 15 is 0 Å². The van der Waals surface area contributed by atoms with Crippen molar-refractivity contribution >= 4 is 35.3 Å². The number of para-hydroxylation sites is 1. The molecule has 0 radical (unpaired) electrons. The molecule has 1 fully saturated rings. The Labute approximate surface area is 167 Å². The number of amides is 2. The second-order valence-corrected chi connectivity index (χ2v) is 7.02. The van der Waals surface area contributed by atoms with Crippen LogP contribution in [0, 0.1) is 11.3 Å². The number of urea groups is 1. The summed E-state index contributed by atoms with van der Waals surface area (Å²) >= 11 is 0. The monoisotopic (exact) mass is 405 g/mol. The van der Waals surface area contributed by atoms with Crippen molar-refractivity contribution in [3.63, 3.8) is 0 Å². The Bertz CT molecular complexity index is 829. The number of methoxy groups -OCH3 is 1. The van der Waals surface area contributed by atoms with Gasteiger partial charge in [-0.05, 0) is 26.0 Å². The van der Waals surface area contributed by atoms with E-state index in [1.807, 2.05) is 0 Å². The van der Waals surface area contributed by atoms with Crippen molar-refractivity contribution in [3.8, 4) is 0 Å². The number of carbonyl (C=O) groups is 4. The summed E-state index contributed by atoms with van der Waals surface area (Å²) in [5, 5.41) is 6.39. The molecule has 1 atom stereocenters. The zero-order valence-corrected chi connectivity index (χ0v) is 16.8. The first kappa shape index (κ1) is 21.9. The van der Waals surface area contributed by atoms with Crippen LogP contribution in [-0.2, 0) is 28.6 Å². The molecule has 10 nitrogen and oxygen atoms in total. The summed E-state index contributed by atoms with van der Waals surface area (Å²) < 4.78 is 15.0. The molecule has 0 aromatic heterocycles. The molecule has 1 aliphatic rings. The number of carbonyl (C=O) groups excluding carboxylic acids is 4. The van der Waals surface area contributed by atoms with Gasteiger partial charge in [-0.25, -0.2) is 10.2 Å². The SMILES string of the molecule is COC(=O)C(/C(C)=N/NC(=O)Nc1ccccc1)C1(C)C(=O)OC(C)(C)OC1=O. The second kappa shape index (κ2) is 8.29. The van der Waals surface area contributed by atoms with Crippen LogP contribution in [0.2, 0.25) is 0 Å². The molecule has 2 rings (SSSR count). The van der Waals surface area contributed by atoms with E-state index < -0.39 is 41.1 Å². The fourth-order valence-electron chi connectivity index (χ4n) is 2.82. The number of nitrogens with zero attached hydrogens (tertiary/aromatic N) is 1. The third-order valence-corrected chi connectivity index (χ3v) is 4.32. The summed E-state index contributed by atoms with van der Waals surface area (Å²) in [5.41, 5.74) is 0.663. The summed E-state index contributed by atoms with van der Waals surface area (Å²) in [6.45, 7) is 5.37. The molecular weight excluding hydrogens is 382 g/mol. The van der Waals surface area contributed by atoms with Gasteiger partial charge in [-0.1, -0.05) is 18.2 Å². The van der Waals surface area contributed by atoms with E-state index in [0.717, 1.165) is 7.11 Å². The fraction of sp³-hybridized carbons (Fsp3) is 0.421. The molecular formula is C19H23N3O7. The van der Waals surface area contributed by atoms with Crippen LogP contribution in [0.5, 0.6) is 0 Å². The lowest BCUT2D eigenvalue weighted by molar-refractivity contribution is -0.252. The third-order valence-electron chi connectivity index (χ3n) is 4.32. The highest BCUT2D eigenvalue weighted by atomic mass is 16.7. The maximum absolute atomic E-state index is 12.6. The molecule has 0 aliphatic carbocycles. The number of ether oxygens (including phenoxy) is 3. The molecule has 1 saturated heterocycles. The number of nitrogens with one attached hydrogen (secondary N) is 2. The second-order valence-electron chi connectivity index (χ2n) is 7.02. The number of hydrogen-bond donors (Lipinski definition) is 2. The van der Waals surface area contributed by atoms with Gasteiger partial charge >= 0.3 is 23.9 Å². The minimum absolute atomic E-state index is 0.0452. The van der Waals surface area contributed by atoms with E-state index in [4.69, 9.17) is 14.2 Å². The zero-order chi connectivity index (χ0) is 21.8. The molecule has 29 heavy (non-hydrogen) atoms. The first-order valence-corrected chi connectivity index (χ1v) is 8.72. The van der Waals surface area contributed by atoms with Gasteiger partial charge in [0.05, 0.1) is 12.8 Å². The van der Waals surface area contributed by atoms with Crippen LogP contribution in [0.15, 0.2) is 35.4 Å². The summed E-state index contributed by atoms with van der Waals surface area (Å²) in [6, 6.07) is 7.92. The van der Waals surface area contributed by atoms with Crippen LogP contribution in [0.1, 0.15) is 27.7 Å². The zero-order valence-electron chi connectivity index (χ0n) is 16.8. The van der Waals surface area contributed by atoms with Crippen LogP contribution in [0.3, 0.4) is 0 Å². The maximum Gasteiger partial charge on any atom is 0.339 e. The van der Waals surface area contributed by atoms with E-state index in [0.29, 0.717) is 5.69 Å². The van der Waals surface area contributed by atoms with Gasteiger partial charge in [-0.15, -0.1) is 0 Å². The minimum Gasteiger partial charge on any atom is -0.468 e. The molecule has 2 amide bonds. The lowest BCUT2D eigenvalue weighted by Gasteiger charge is -2.40. The van der Waals surface area contributed by atoms with Crippen molar-refractivity contribution in [2.45, 2.75) is 33.5 Å². The highest BCUT2D eigenvalue weighted by Crippen LogP contribution is 2.39. The van der Waals surface area contributed by atoms with Gasteiger partial charge in [0.2, 0.25) is 0 Å². The van der Waals surface area contributed by atoms with E-state index in [2.05, 4.69) is 15.8 Å². The molecule has 0 spiro atoms. The molecule has 1 unspecified atom stereocenters. The van der Waals surface area contributed by atoms with E-state index in [9.17, 15) is 19.2 Å². The molecule has 1 aromatic rings. The Hall–Kier alpha value is -3.43. The molecule has 0 bridgehead atoms. The predicted octanol–water partition coefficient (Wildman–Crippen LogP) is 1.82. The molecule has 0 saturated carbocycles. The standard InChI is InChI=1S/C19H23N3O7/c1-11(21-22-17(26)20-12-9-7-6-8-10-12)13(14(23)27-5)19(4)15(24)28-18(2,3)29-16(19)25/h6-10,13H,1-5H3,(H2,20,22,26)/b21-11+. The quantitative estimate of drug-likeness (QED) is 0.330. The van der Waals surface area contributed by atoms with Crippen LogP contribution in [-0.4, -0.2) is 42.5 Å². The summed E-state index contributed by atoms with van der Waals surface area (Å²) in [5.74, 6) is -5.77. The van der Waals surface area contributed by atoms with Gasteiger partial charge in [-0.2, -0.15) is 5.10 Å². The summed E-state index contributed by atoms with van der Waals surface area (Å²) in [6.07, 6.45) is 0. The van der Waals surface area contributed by atoms with Crippen LogP contribution in [0.4, 0.5) is 10.5 Å². The van der Waals surface area contributed by atoms with Gasteiger partial charge in [0.1, 0.15) is 5.92 Å². The van der Waals surface area contributed by atoms with Crippen molar-refractivity contribution in [2.75, 3.05) is 12.4 Å². The van der Waals surface area contributed by atoms with Gasteiger partial charge in [0.15, 0.2) is 5.41 Å². The Morgan fingerprint density at radius 3 is 2.14 bits per heavy atom. The normalized spacial score (nSPS) is 18.7. The third kappa shape index (κ3) is 4.71. The first-order chi connectivity index (χ1) is 13.5. The van der Waals surface area contributed by atoms with Crippen LogP contribution < -0.4 is 10.7 Å². The predicted molar refractivity (Wildman–Crippen MR) is 102 cm³/mol. The minimum atomic E-state index is -2.03. The summed E-state index contributed by atoms with van der Waals surface area (Å²) in [4.78, 5) is 49.6. The molecule has 156 valence electrons. The van der Waals surface area contributed by atoms with Crippen LogP contribution in [0.25, 0.3) is 0 Å². The van der Waals surface area contributed by atoms with Crippen molar-refractivity contribution < 1.29 is 33.4 Å². The number of anilines is 1. The average Bonchev–Trinajstić information content (AvgIpc) is 2.65.